The number of hydrogen-bond acceptors (Lipinski definition) is 3. The van der Waals surface area contributed by atoms with Gasteiger partial charge in [-0.3, -0.25) is 4.98 Å². The molecule has 0 aliphatic heterocycles. The van der Waals surface area contributed by atoms with Crippen molar-refractivity contribution in [2.45, 2.75) is 34.6 Å². The van der Waals surface area contributed by atoms with Gasteiger partial charge in [-0.15, -0.1) is 0 Å². The maximum atomic E-state index is 9.65. The fourth-order valence-corrected chi connectivity index (χ4v) is 2.29. The summed E-state index contributed by atoms with van der Waals surface area (Å²) in [5.74, 6) is 0.124. The van der Waals surface area contributed by atoms with Crippen LogP contribution in [0.3, 0.4) is 0 Å². The van der Waals surface area contributed by atoms with E-state index in [2.05, 4.69) is 20.8 Å². The standard InChI is InChI=1S/C16H20N2O/c1-8-6-15(19)14(17)7-13(8)16-11(4)9(2)10(3)12(5)18-16/h6-7,19H,17H2,1-5H3. The van der Waals surface area contributed by atoms with E-state index in [1.54, 1.807) is 12.1 Å². The largest absolute Gasteiger partial charge is 0.506 e. The highest BCUT2D eigenvalue weighted by molar-refractivity contribution is 5.74. The highest BCUT2D eigenvalue weighted by atomic mass is 16.3. The van der Waals surface area contributed by atoms with Gasteiger partial charge < -0.3 is 10.8 Å². The summed E-state index contributed by atoms with van der Waals surface area (Å²) >= 11 is 0. The number of rotatable bonds is 1. The monoisotopic (exact) mass is 256 g/mol. The lowest BCUT2D eigenvalue weighted by atomic mass is 9.95. The Morgan fingerprint density at radius 1 is 0.947 bits per heavy atom. The summed E-state index contributed by atoms with van der Waals surface area (Å²) in [5.41, 5.74) is 13.8. The van der Waals surface area contributed by atoms with Crippen molar-refractivity contribution in [2.75, 3.05) is 5.73 Å². The van der Waals surface area contributed by atoms with Gasteiger partial charge in [-0.05, 0) is 69.0 Å². The molecule has 100 valence electrons. The summed E-state index contributed by atoms with van der Waals surface area (Å²) in [7, 11) is 0. The smallest absolute Gasteiger partial charge is 0.138 e. The van der Waals surface area contributed by atoms with Gasteiger partial charge in [-0.2, -0.15) is 0 Å². The van der Waals surface area contributed by atoms with Gasteiger partial charge in [0.25, 0.3) is 0 Å². The van der Waals surface area contributed by atoms with Crippen LogP contribution in [-0.2, 0) is 0 Å². The highest BCUT2D eigenvalue weighted by Gasteiger charge is 2.14. The number of nitrogens with zero attached hydrogens (tertiary/aromatic N) is 1. The van der Waals surface area contributed by atoms with Crippen molar-refractivity contribution in [1.82, 2.24) is 4.98 Å². The van der Waals surface area contributed by atoms with Crippen LogP contribution in [0, 0.1) is 34.6 Å². The Morgan fingerprint density at radius 2 is 1.58 bits per heavy atom. The van der Waals surface area contributed by atoms with E-state index in [-0.39, 0.29) is 5.75 Å². The van der Waals surface area contributed by atoms with Gasteiger partial charge >= 0.3 is 0 Å². The first-order valence-corrected chi connectivity index (χ1v) is 6.36. The van der Waals surface area contributed by atoms with E-state index >= 15 is 0 Å². The van der Waals surface area contributed by atoms with E-state index < -0.39 is 0 Å². The van der Waals surface area contributed by atoms with Crippen LogP contribution in [0.1, 0.15) is 27.9 Å². The molecule has 0 fully saturated rings. The van der Waals surface area contributed by atoms with Crippen LogP contribution in [0.25, 0.3) is 11.3 Å². The molecule has 3 heteroatoms. The first-order valence-electron chi connectivity index (χ1n) is 6.36. The zero-order valence-corrected chi connectivity index (χ0v) is 12.1. The Labute approximate surface area is 114 Å². The molecule has 0 bridgehead atoms. The van der Waals surface area contributed by atoms with E-state index in [0.29, 0.717) is 5.69 Å². The number of benzene rings is 1. The van der Waals surface area contributed by atoms with Crippen molar-refractivity contribution >= 4 is 5.69 Å². The number of nitrogens with two attached hydrogens (primary N) is 1. The molecule has 1 aromatic carbocycles. The average molecular weight is 256 g/mol. The Kier molecular flexibility index (Phi) is 3.23. The maximum absolute atomic E-state index is 9.65. The molecule has 2 rings (SSSR count). The Morgan fingerprint density at radius 3 is 2.21 bits per heavy atom. The lowest BCUT2D eigenvalue weighted by molar-refractivity contribution is 0.477. The minimum Gasteiger partial charge on any atom is -0.506 e. The second-order valence-electron chi connectivity index (χ2n) is 5.15. The predicted octanol–water partition coefficient (Wildman–Crippen LogP) is 3.58. The Bertz CT molecular complexity index is 661. The zero-order chi connectivity index (χ0) is 14.3. The third-order valence-electron chi connectivity index (χ3n) is 3.93. The quantitative estimate of drug-likeness (QED) is 0.605. The summed E-state index contributed by atoms with van der Waals surface area (Å²) < 4.78 is 0. The van der Waals surface area contributed by atoms with Crippen molar-refractivity contribution in [3.63, 3.8) is 0 Å². The number of pyridine rings is 1. The normalized spacial score (nSPS) is 10.8. The molecule has 0 unspecified atom stereocenters. The molecule has 2 aromatic rings. The van der Waals surface area contributed by atoms with Crippen molar-refractivity contribution in [3.05, 3.63) is 40.1 Å². The van der Waals surface area contributed by atoms with E-state index in [0.717, 1.165) is 28.1 Å². The van der Waals surface area contributed by atoms with Gasteiger partial charge in [-0.25, -0.2) is 0 Å². The van der Waals surface area contributed by atoms with E-state index in [1.165, 1.54) is 11.1 Å². The number of phenols is 1. The lowest BCUT2D eigenvalue weighted by Crippen LogP contribution is -2.01. The van der Waals surface area contributed by atoms with Crippen LogP contribution >= 0.6 is 0 Å². The third kappa shape index (κ3) is 2.16. The molecule has 0 saturated carbocycles. The SMILES string of the molecule is Cc1cc(O)c(N)cc1-c1nc(C)c(C)c(C)c1C. The van der Waals surface area contributed by atoms with Crippen molar-refractivity contribution in [3.8, 4) is 17.0 Å². The minimum absolute atomic E-state index is 0.124. The zero-order valence-electron chi connectivity index (χ0n) is 12.1. The molecule has 1 aromatic heterocycles. The summed E-state index contributed by atoms with van der Waals surface area (Å²) in [6.45, 7) is 10.3. The van der Waals surface area contributed by atoms with Crippen molar-refractivity contribution in [2.24, 2.45) is 0 Å². The van der Waals surface area contributed by atoms with Crippen LogP contribution in [0.5, 0.6) is 5.75 Å². The number of nitrogen functional groups attached to an aromatic ring is 1. The molecule has 0 amide bonds. The molecule has 0 atom stereocenters. The van der Waals surface area contributed by atoms with Gasteiger partial charge in [-0.1, -0.05) is 0 Å². The predicted molar refractivity (Wildman–Crippen MR) is 79.4 cm³/mol. The van der Waals surface area contributed by atoms with E-state index in [4.69, 9.17) is 10.7 Å². The molecular formula is C16H20N2O. The number of aryl methyl sites for hydroxylation is 2. The highest BCUT2D eigenvalue weighted by Crippen LogP contribution is 2.33. The molecule has 3 nitrogen and oxygen atoms in total. The molecule has 0 aliphatic carbocycles. The first-order chi connectivity index (χ1) is 8.82. The first kappa shape index (κ1) is 13.4. The second kappa shape index (κ2) is 4.57. The fraction of sp³-hybridized carbons (Fsp3) is 0.312. The van der Waals surface area contributed by atoms with E-state index in [1.807, 2.05) is 13.8 Å². The van der Waals surface area contributed by atoms with Crippen LogP contribution in [0.4, 0.5) is 5.69 Å². The van der Waals surface area contributed by atoms with Crippen molar-refractivity contribution < 1.29 is 5.11 Å². The molecular weight excluding hydrogens is 236 g/mol. The summed E-state index contributed by atoms with van der Waals surface area (Å²) in [5, 5.41) is 9.65. The van der Waals surface area contributed by atoms with Crippen LogP contribution in [0.2, 0.25) is 0 Å². The number of hydrogen-bond donors (Lipinski definition) is 2. The third-order valence-corrected chi connectivity index (χ3v) is 3.93. The summed E-state index contributed by atoms with van der Waals surface area (Å²) in [6.07, 6.45) is 0. The van der Waals surface area contributed by atoms with Crippen LogP contribution in [0.15, 0.2) is 12.1 Å². The van der Waals surface area contributed by atoms with Crippen LogP contribution < -0.4 is 5.73 Å². The topological polar surface area (TPSA) is 59.1 Å². The molecule has 3 N–H and O–H groups in total. The molecule has 0 aliphatic rings. The number of phenolic OH excluding ortho intramolecular Hbond substituents is 1. The van der Waals surface area contributed by atoms with Gasteiger partial charge in [0.1, 0.15) is 5.75 Å². The molecule has 0 spiro atoms. The fourth-order valence-electron chi connectivity index (χ4n) is 2.29. The summed E-state index contributed by atoms with van der Waals surface area (Å²) in [4.78, 5) is 4.70. The minimum atomic E-state index is 0.124. The second-order valence-corrected chi connectivity index (χ2v) is 5.15. The summed E-state index contributed by atoms with van der Waals surface area (Å²) in [6, 6.07) is 3.49. The Hall–Kier alpha value is -2.03. The van der Waals surface area contributed by atoms with Gasteiger partial charge in [0.2, 0.25) is 0 Å². The van der Waals surface area contributed by atoms with E-state index in [9.17, 15) is 5.11 Å². The number of aromatic hydroxyl groups is 1. The van der Waals surface area contributed by atoms with Gasteiger partial charge in [0.15, 0.2) is 0 Å². The van der Waals surface area contributed by atoms with Gasteiger partial charge in [0, 0.05) is 11.3 Å². The molecule has 19 heavy (non-hydrogen) atoms. The number of anilines is 1. The Balaban J connectivity index is 2.76. The van der Waals surface area contributed by atoms with Crippen LogP contribution in [-0.4, -0.2) is 10.1 Å². The molecule has 1 heterocycles. The maximum Gasteiger partial charge on any atom is 0.138 e. The molecule has 0 radical (unpaired) electrons. The lowest BCUT2D eigenvalue weighted by Gasteiger charge is -2.15. The van der Waals surface area contributed by atoms with Gasteiger partial charge in [0.05, 0.1) is 11.4 Å². The number of aromatic nitrogens is 1. The average Bonchev–Trinajstić information content (AvgIpc) is 2.36. The van der Waals surface area contributed by atoms with Crippen molar-refractivity contribution in [1.29, 1.82) is 0 Å². The molecule has 0 saturated heterocycles.